The van der Waals surface area contributed by atoms with Gasteiger partial charge >= 0.3 is 5.97 Å². The minimum Gasteiger partial charge on any atom is -0.481 e. The van der Waals surface area contributed by atoms with Gasteiger partial charge in [-0.15, -0.1) is 11.8 Å². The van der Waals surface area contributed by atoms with E-state index < -0.39 is 88.0 Å². The molecule has 1 heterocycles. The number of ketones is 2. The molecule has 12 atom stereocenters. The number of aliphatic hydroxyl groups excluding tert-OH is 2. The SMILES string of the molecule is CCCCC(C)SC(CC(=O)O)C(=O)NCCOCCOCCC(=O)Nc1cccc(Sc2ccc([C@@H]3O[C@@H]4CC5[C@@H]6C[C@H](F)C7=CC(=O)C=C[C@]7(C)[C@@]6(F)[C@@H](O)C[C@]5(C)[C@]4(C(=O)CO)O3)cc2)c1. The molecule has 3 saturated carbocycles. The number of aliphatic carboxylic acids is 1. The molecule has 2 amide bonds. The fourth-order valence-electron chi connectivity index (χ4n) is 11.5. The van der Waals surface area contributed by atoms with Gasteiger partial charge in [-0.3, -0.25) is 24.0 Å². The van der Waals surface area contributed by atoms with Gasteiger partial charge in [0, 0.05) is 49.6 Å². The molecule has 3 unspecified atom stereocenters. The Bertz CT molecular complexity index is 2290. The predicted molar refractivity (Wildman–Crippen MR) is 255 cm³/mol. The van der Waals surface area contributed by atoms with Crippen LogP contribution in [0.25, 0.3) is 0 Å². The number of thioether (sulfide) groups is 1. The van der Waals surface area contributed by atoms with Gasteiger partial charge in [0.15, 0.2) is 29.1 Å². The van der Waals surface area contributed by atoms with Crippen molar-refractivity contribution < 1.29 is 67.0 Å². The summed E-state index contributed by atoms with van der Waals surface area (Å²) in [6.07, 6.45) is 0.963. The van der Waals surface area contributed by atoms with E-state index in [2.05, 4.69) is 17.6 Å². The summed E-state index contributed by atoms with van der Waals surface area (Å²) in [7, 11) is 0. The lowest BCUT2D eigenvalue weighted by Crippen LogP contribution is -2.70. The van der Waals surface area contributed by atoms with Crippen LogP contribution >= 0.6 is 23.5 Å². The molecule has 69 heavy (non-hydrogen) atoms. The van der Waals surface area contributed by atoms with Gasteiger partial charge in [-0.05, 0) is 86.6 Å². The Morgan fingerprint density at radius 3 is 2.45 bits per heavy atom. The van der Waals surface area contributed by atoms with Crippen LogP contribution in [0.2, 0.25) is 0 Å². The van der Waals surface area contributed by atoms with Crippen molar-refractivity contribution in [3.05, 3.63) is 77.9 Å². The molecule has 376 valence electrons. The Labute approximate surface area is 410 Å². The molecule has 14 nitrogen and oxygen atoms in total. The van der Waals surface area contributed by atoms with Crippen molar-refractivity contribution >= 4 is 58.6 Å². The van der Waals surface area contributed by atoms with Gasteiger partial charge < -0.3 is 44.9 Å². The van der Waals surface area contributed by atoms with Crippen molar-refractivity contribution in [3.8, 4) is 0 Å². The molecule has 5 aliphatic rings. The van der Waals surface area contributed by atoms with Crippen molar-refractivity contribution in [2.75, 3.05) is 44.9 Å². The van der Waals surface area contributed by atoms with Crippen LogP contribution in [0.4, 0.5) is 14.5 Å². The van der Waals surface area contributed by atoms with Crippen LogP contribution < -0.4 is 10.6 Å². The Morgan fingerprint density at radius 1 is 1.00 bits per heavy atom. The van der Waals surface area contributed by atoms with Crippen LogP contribution in [0.5, 0.6) is 0 Å². The number of carbonyl (C=O) groups excluding carboxylic acids is 4. The minimum absolute atomic E-state index is 0.00879. The number of carboxylic acids is 1. The summed E-state index contributed by atoms with van der Waals surface area (Å²) in [6, 6.07) is 14.7. The Kier molecular flexibility index (Phi) is 17.0. The number of hydrogen-bond acceptors (Lipinski definition) is 13. The highest BCUT2D eigenvalue weighted by Gasteiger charge is 2.80. The van der Waals surface area contributed by atoms with E-state index in [1.807, 2.05) is 37.3 Å². The number of halogens is 2. The fourth-order valence-corrected chi connectivity index (χ4v) is 13.6. The molecular formula is C51H64F2N2O12S2. The molecule has 2 aromatic rings. The first kappa shape index (κ1) is 52.8. The lowest BCUT2D eigenvalue weighted by Gasteiger charge is -2.63. The highest BCUT2D eigenvalue weighted by molar-refractivity contribution is 8.01. The molecule has 0 aromatic heterocycles. The second-order valence-electron chi connectivity index (χ2n) is 19.2. The third-order valence-electron chi connectivity index (χ3n) is 14.8. The summed E-state index contributed by atoms with van der Waals surface area (Å²) in [6.45, 7) is 7.61. The number of carbonyl (C=O) groups is 5. The molecule has 4 fully saturated rings. The Morgan fingerprint density at radius 2 is 1.74 bits per heavy atom. The summed E-state index contributed by atoms with van der Waals surface area (Å²) in [4.78, 5) is 64.5. The van der Waals surface area contributed by atoms with E-state index in [4.69, 9.17) is 18.9 Å². The molecular weight excluding hydrogens is 935 g/mol. The van der Waals surface area contributed by atoms with Gasteiger partial charge in [0.2, 0.25) is 11.8 Å². The summed E-state index contributed by atoms with van der Waals surface area (Å²) >= 11 is 2.83. The van der Waals surface area contributed by atoms with Crippen LogP contribution in [0, 0.1) is 22.7 Å². The lowest BCUT2D eigenvalue weighted by atomic mass is 9.44. The molecule has 2 aromatic carbocycles. The van der Waals surface area contributed by atoms with Gasteiger partial charge in [0.1, 0.15) is 12.8 Å². The number of amides is 2. The first-order valence-corrected chi connectivity index (χ1v) is 25.6. The highest BCUT2D eigenvalue weighted by Crippen LogP contribution is 2.72. The predicted octanol–water partition coefficient (Wildman–Crippen LogP) is 7.11. The molecule has 0 spiro atoms. The van der Waals surface area contributed by atoms with E-state index >= 15 is 8.78 Å². The number of Topliss-reactive ketones (excluding diaryl/α,β-unsaturated/α-hetero) is 1. The Hall–Kier alpha value is -4.01. The average molecular weight is 999 g/mol. The number of anilines is 1. The lowest BCUT2D eigenvalue weighted by molar-refractivity contribution is -0.235. The van der Waals surface area contributed by atoms with Crippen molar-refractivity contribution in [1.29, 1.82) is 0 Å². The molecule has 0 bridgehead atoms. The summed E-state index contributed by atoms with van der Waals surface area (Å²) in [5.41, 5.74) is -5.70. The molecule has 7 rings (SSSR count). The quantitative estimate of drug-likeness (QED) is 0.0704. The maximum absolute atomic E-state index is 17.7. The minimum atomic E-state index is -2.34. The number of hydrogen-bond donors (Lipinski definition) is 5. The number of alkyl halides is 2. The van der Waals surface area contributed by atoms with Crippen molar-refractivity contribution in [2.45, 2.75) is 135 Å². The maximum atomic E-state index is 17.7. The standard InChI is InChI=1S/C51H64F2N2O12S2/c1-5-6-8-30(2)68-40(27-45(61)62)46(63)54-18-20-65-22-21-64-19-16-44(60)55-32-9-7-10-35(23-32)69-34-13-11-31(12-14-34)47-66-43-26-36-37-25-39(52)38-24-33(57)15-17-48(38,3)50(37,53)41(58)28-49(36,4)51(43,67-47)42(59)29-56/h7,9-15,17,23-24,30,36-37,39-41,43,47,56,58H,5-6,8,16,18-22,25-29H2,1-4H3,(H,54,63)(H,55,60)(H,61,62)/t30?,36?,37-,39-,40?,41-,43+,47+,48-,49-,50-,51+/m0/s1. The molecule has 1 saturated heterocycles. The van der Waals surface area contributed by atoms with Crippen molar-refractivity contribution in [3.63, 3.8) is 0 Å². The number of fused-ring (bicyclic) bond motifs is 7. The summed E-state index contributed by atoms with van der Waals surface area (Å²) in [5.74, 6) is -4.37. The first-order valence-electron chi connectivity index (χ1n) is 23.8. The second-order valence-corrected chi connectivity index (χ2v) is 22.0. The monoisotopic (exact) mass is 998 g/mol. The van der Waals surface area contributed by atoms with Crippen molar-refractivity contribution in [1.82, 2.24) is 5.32 Å². The summed E-state index contributed by atoms with van der Waals surface area (Å²) < 4.78 is 57.9. The number of nitrogens with one attached hydrogen (secondary N) is 2. The summed E-state index contributed by atoms with van der Waals surface area (Å²) in [5, 5.41) is 36.5. The normalized spacial score (nSPS) is 31.9. The van der Waals surface area contributed by atoms with E-state index in [1.54, 1.807) is 25.1 Å². The number of allylic oxidation sites excluding steroid dienone is 4. The maximum Gasteiger partial charge on any atom is 0.305 e. The molecule has 18 heteroatoms. The average Bonchev–Trinajstić information content (AvgIpc) is 3.81. The zero-order chi connectivity index (χ0) is 49.7. The molecule has 4 aliphatic carbocycles. The van der Waals surface area contributed by atoms with Crippen LogP contribution in [0.3, 0.4) is 0 Å². The third kappa shape index (κ3) is 10.6. The number of unbranched alkanes of at least 4 members (excludes halogenated alkanes) is 1. The fraction of sp³-hybridized carbons (Fsp3) is 0.588. The third-order valence-corrected chi connectivity index (χ3v) is 17.2. The highest BCUT2D eigenvalue weighted by atomic mass is 32.2. The van der Waals surface area contributed by atoms with Gasteiger partial charge in [-0.25, -0.2) is 8.78 Å². The first-order chi connectivity index (χ1) is 32.9. The number of benzene rings is 2. The van der Waals surface area contributed by atoms with Gasteiger partial charge in [-0.2, -0.15) is 0 Å². The number of ether oxygens (including phenoxy) is 4. The number of carboxylic acid groups (broad SMARTS) is 1. The van der Waals surface area contributed by atoms with Crippen molar-refractivity contribution in [2.24, 2.45) is 22.7 Å². The number of aliphatic hydroxyl groups is 2. The molecule has 5 N–H and O–H groups in total. The molecule has 1 aliphatic heterocycles. The van der Waals surface area contributed by atoms with Gasteiger partial charge in [-0.1, -0.05) is 69.6 Å². The van der Waals surface area contributed by atoms with Crippen LogP contribution in [-0.4, -0.2) is 124 Å². The van der Waals surface area contributed by atoms with Crippen LogP contribution in [0.15, 0.2) is 82.1 Å². The number of rotatable bonds is 23. The smallest absolute Gasteiger partial charge is 0.305 e. The van der Waals surface area contributed by atoms with E-state index in [0.29, 0.717) is 11.3 Å². The second kappa shape index (κ2) is 22.2. The van der Waals surface area contributed by atoms with E-state index in [0.717, 1.165) is 35.1 Å². The van der Waals surface area contributed by atoms with Crippen LogP contribution in [0.1, 0.15) is 90.9 Å². The van der Waals surface area contributed by atoms with Gasteiger partial charge in [0.25, 0.3) is 0 Å². The zero-order valence-electron chi connectivity index (χ0n) is 39.5. The van der Waals surface area contributed by atoms with Crippen LogP contribution in [-0.2, 0) is 42.9 Å². The topological polar surface area (TPSA) is 207 Å². The van der Waals surface area contributed by atoms with E-state index in [1.165, 1.54) is 42.6 Å². The largest absolute Gasteiger partial charge is 0.481 e. The van der Waals surface area contributed by atoms with E-state index in [9.17, 15) is 39.3 Å². The molecule has 0 radical (unpaired) electrons. The van der Waals surface area contributed by atoms with Gasteiger partial charge in [0.05, 0.1) is 56.7 Å². The Balaban J connectivity index is 0.869. The van der Waals surface area contributed by atoms with E-state index in [-0.39, 0.29) is 87.7 Å². The zero-order valence-corrected chi connectivity index (χ0v) is 41.1.